The molecule has 74 heavy (non-hydrogen) atoms. The monoisotopic (exact) mass is 1040 g/mol. The molecule has 0 spiro atoms. The molecule has 0 amide bonds. The molecule has 6 heteroatoms. The van der Waals surface area contributed by atoms with Crippen molar-refractivity contribution in [2.45, 2.75) is 393 Å². The minimum Gasteiger partial charge on any atom is -0.462 e. The number of ether oxygens (including phenoxy) is 3. The number of rotatable bonds is 63. The molecule has 0 rings (SSSR count). The summed E-state index contributed by atoms with van der Waals surface area (Å²) >= 11 is 0. The molecule has 6 nitrogen and oxygen atoms in total. The summed E-state index contributed by atoms with van der Waals surface area (Å²) in [6, 6.07) is 0. The summed E-state index contributed by atoms with van der Waals surface area (Å²) in [5.41, 5.74) is 0. The van der Waals surface area contributed by atoms with E-state index in [2.05, 4.69) is 32.9 Å². The third-order valence-corrected chi connectivity index (χ3v) is 15.5. The van der Waals surface area contributed by atoms with E-state index in [9.17, 15) is 14.4 Å². The Balaban J connectivity index is 4.22. The van der Waals surface area contributed by atoms with Gasteiger partial charge < -0.3 is 14.2 Å². The van der Waals surface area contributed by atoms with Crippen molar-refractivity contribution in [1.29, 1.82) is 0 Å². The SMILES string of the molecule is CCCCCCCCC/C=C\CCCCCCCC(=O)OC(COC(=O)CCCCCCCCCCCCCCCCC)COC(=O)CCCCCCCCCCCCCCCCCCCCCCCCCCC. The van der Waals surface area contributed by atoms with Crippen LogP contribution in [0.15, 0.2) is 12.2 Å². The molecule has 0 aliphatic rings. The predicted molar refractivity (Wildman–Crippen MR) is 321 cm³/mol. The van der Waals surface area contributed by atoms with Crippen molar-refractivity contribution >= 4 is 17.9 Å². The zero-order chi connectivity index (χ0) is 53.6. The topological polar surface area (TPSA) is 78.9 Å². The number of unbranched alkanes of at least 4 members (excludes halogenated alkanes) is 50. The van der Waals surface area contributed by atoms with Crippen LogP contribution in [0.4, 0.5) is 0 Å². The summed E-state index contributed by atoms with van der Waals surface area (Å²) in [4.78, 5) is 38.3. The molecule has 0 aliphatic heterocycles. The molecule has 0 aromatic heterocycles. The van der Waals surface area contributed by atoms with Crippen LogP contribution < -0.4 is 0 Å². The maximum Gasteiger partial charge on any atom is 0.306 e. The van der Waals surface area contributed by atoms with Crippen LogP contribution in [-0.2, 0) is 28.6 Å². The van der Waals surface area contributed by atoms with Crippen LogP contribution in [0.2, 0.25) is 0 Å². The second-order valence-corrected chi connectivity index (χ2v) is 23.1. The number of allylic oxidation sites excluding steroid dienone is 2. The van der Waals surface area contributed by atoms with Crippen molar-refractivity contribution < 1.29 is 28.6 Å². The molecular weight excluding hydrogens is 913 g/mol. The van der Waals surface area contributed by atoms with Crippen molar-refractivity contribution in [2.75, 3.05) is 13.2 Å². The van der Waals surface area contributed by atoms with Gasteiger partial charge in [-0.25, -0.2) is 0 Å². The van der Waals surface area contributed by atoms with Gasteiger partial charge in [-0.15, -0.1) is 0 Å². The van der Waals surface area contributed by atoms with E-state index in [1.165, 1.54) is 283 Å². The molecule has 1 atom stereocenters. The summed E-state index contributed by atoms with van der Waals surface area (Å²) in [7, 11) is 0. The molecule has 0 radical (unpaired) electrons. The molecule has 0 aliphatic carbocycles. The van der Waals surface area contributed by atoms with E-state index in [1.807, 2.05) is 0 Å². The summed E-state index contributed by atoms with van der Waals surface area (Å²) in [5.74, 6) is -0.843. The van der Waals surface area contributed by atoms with Gasteiger partial charge in [0.15, 0.2) is 6.10 Å². The summed E-state index contributed by atoms with van der Waals surface area (Å²) in [6.45, 7) is 6.71. The highest BCUT2D eigenvalue weighted by molar-refractivity contribution is 5.71. The van der Waals surface area contributed by atoms with Crippen LogP contribution in [0.1, 0.15) is 387 Å². The zero-order valence-corrected chi connectivity index (χ0v) is 50.4. The first-order valence-corrected chi connectivity index (χ1v) is 33.7. The Morgan fingerprint density at radius 1 is 0.257 bits per heavy atom. The number of carbonyl (C=O) groups is 3. The molecule has 0 heterocycles. The molecule has 0 aromatic carbocycles. The third-order valence-electron chi connectivity index (χ3n) is 15.5. The molecule has 438 valence electrons. The molecule has 0 saturated heterocycles. The zero-order valence-electron chi connectivity index (χ0n) is 50.4. The van der Waals surface area contributed by atoms with Crippen LogP contribution >= 0.6 is 0 Å². The highest BCUT2D eigenvalue weighted by Gasteiger charge is 2.19. The summed E-state index contributed by atoms with van der Waals surface area (Å²) in [5, 5.41) is 0. The van der Waals surface area contributed by atoms with E-state index in [-0.39, 0.29) is 31.1 Å². The van der Waals surface area contributed by atoms with Gasteiger partial charge >= 0.3 is 17.9 Å². The maximum absolute atomic E-state index is 12.9. The highest BCUT2D eigenvalue weighted by atomic mass is 16.6. The predicted octanol–water partition coefficient (Wildman–Crippen LogP) is 22.8. The molecule has 0 saturated carbocycles. The third kappa shape index (κ3) is 61.0. The smallest absolute Gasteiger partial charge is 0.306 e. The van der Waals surface area contributed by atoms with Gasteiger partial charge in [0.1, 0.15) is 13.2 Å². The Morgan fingerprint density at radius 2 is 0.446 bits per heavy atom. The highest BCUT2D eigenvalue weighted by Crippen LogP contribution is 2.19. The largest absolute Gasteiger partial charge is 0.462 e. The van der Waals surface area contributed by atoms with Crippen molar-refractivity contribution in [1.82, 2.24) is 0 Å². The fourth-order valence-electron chi connectivity index (χ4n) is 10.4. The average molecular weight is 1040 g/mol. The molecule has 1 unspecified atom stereocenters. The van der Waals surface area contributed by atoms with Crippen molar-refractivity contribution in [3.05, 3.63) is 12.2 Å². The van der Waals surface area contributed by atoms with Crippen LogP contribution in [0.25, 0.3) is 0 Å². The quantitative estimate of drug-likeness (QED) is 0.0261. The fourth-order valence-corrected chi connectivity index (χ4v) is 10.4. The van der Waals surface area contributed by atoms with Crippen molar-refractivity contribution in [3.63, 3.8) is 0 Å². The minimum absolute atomic E-state index is 0.0667. The van der Waals surface area contributed by atoms with Crippen LogP contribution in [0.5, 0.6) is 0 Å². The second-order valence-electron chi connectivity index (χ2n) is 23.1. The lowest BCUT2D eigenvalue weighted by Crippen LogP contribution is -2.30. The van der Waals surface area contributed by atoms with Gasteiger partial charge in [-0.05, 0) is 44.9 Å². The molecule has 0 bridgehead atoms. The first-order valence-electron chi connectivity index (χ1n) is 33.7. The number of esters is 3. The Morgan fingerprint density at radius 3 is 0.676 bits per heavy atom. The van der Waals surface area contributed by atoms with Gasteiger partial charge in [-0.3, -0.25) is 14.4 Å². The molecular formula is C68H130O6. The average Bonchev–Trinajstić information content (AvgIpc) is 3.40. The Hall–Kier alpha value is -1.85. The van der Waals surface area contributed by atoms with E-state index in [0.717, 1.165) is 64.2 Å². The van der Waals surface area contributed by atoms with Crippen molar-refractivity contribution in [3.8, 4) is 0 Å². The number of hydrogen-bond acceptors (Lipinski definition) is 6. The summed E-state index contributed by atoms with van der Waals surface area (Å²) in [6.07, 6.45) is 75.2. The maximum atomic E-state index is 12.9. The van der Waals surface area contributed by atoms with Gasteiger partial charge in [0, 0.05) is 19.3 Å². The van der Waals surface area contributed by atoms with E-state index >= 15 is 0 Å². The van der Waals surface area contributed by atoms with E-state index in [1.54, 1.807) is 0 Å². The Kier molecular flexibility index (Phi) is 62.1. The van der Waals surface area contributed by atoms with E-state index < -0.39 is 6.10 Å². The fraction of sp³-hybridized carbons (Fsp3) is 0.926. The normalized spacial score (nSPS) is 12.0. The standard InChI is InChI=1S/C68H130O6/c1-4-7-10-13-16-19-22-25-28-30-31-32-33-34-35-36-37-38-41-43-46-49-52-55-58-61-67(70)73-64-65(63-72-66(69)60-57-54-51-48-45-42-39-27-24-21-18-15-12-9-6-3)74-68(71)62-59-56-53-50-47-44-40-29-26-23-20-17-14-11-8-5-2/h29,40,65H,4-28,30-39,41-64H2,1-3H3/b40-29-. The van der Waals surface area contributed by atoms with Crippen LogP contribution in [0.3, 0.4) is 0 Å². The number of hydrogen-bond donors (Lipinski definition) is 0. The molecule has 0 fully saturated rings. The van der Waals surface area contributed by atoms with Gasteiger partial charge in [0.25, 0.3) is 0 Å². The Bertz CT molecular complexity index is 1150. The van der Waals surface area contributed by atoms with E-state index in [4.69, 9.17) is 14.2 Å². The van der Waals surface area contributed by atoms with Gasteiger partial charge in [-0.1, -0.05) is 335 Å². The van der Waals surface area contributed by atoms with Crippen molar-refractivity contribution in [2.24, 2.45) is 0 Å². The lowest BCUT2D eigenvalue weighted by atomic mass is 10.0. The number of carbonyl (C=O) groups excluding carboxylic acids is 3. The first-order chi connectivity index (χ1) is 36.5. The van der Waals surface area contributed by atoms with Gasteiger partial charge in [-0.2, -0.15) is 0 Å². The van der Waals surface area contributed by atoms with E-state index in [0.29, 0.717) is 19.3 Å². The van der Waals surface area contributed by atoms with Crippen LogP contribution in [0, 0.1) is 0 Å². The lowest BCUT2D eigenvalue weighted by Gasteiger charge is -2.18. The minimum atomic E-state index is -0.770. The first kappa shape index (κ1) is 72.2. The van der Waals surface area contributed by atoms with Gasteiger partial charge in [0.05, 0.1) is 0 Å². The summed E-state index contributed by atoms with van der Waals surface area (Å²) < 4.78 is 17.0. The lowest BCUT2D eigenvalue weighted by molar-refractivity contribution is -0.167. The Labute approximate surface area is 462 Å². The second kappa shape index (κ2) is 63.7. The molecule has 0 aromatic rings. The van der Waals surface area contributed by atoms with Crippen LogP contribution in [-0.4, -0.2) is 37.2 Å². The molecule has 0 N–H and O–H groups in total. The van der Waals surface area contributed by atoms with Gasteiger partial charge in [0.2, 0.25) is 0 Å².